The minimum atomic E-state index is -0.276. The van der Waals surface area contributed by atoms with E-state index >= 15 is 0 Å². The second-order valence-electron chi connectivity index (χ2n) is 11.2. The van der Waals surface area contributed by atoms with Gasteiger partial charge < -0.3 is 24.6 Å². The predicted octanol–water partition coefficient (Wildman–Crippen LogP) is 2.60. The van der Waals surface area contributed by atoms with Crippen molar-refractivity contribution in [3.05, 3.63) is 48.7 Å². The van der Waals surface area contributed by atoms with Crippen LogP contribution in [0.1, 0.15) is 44.2 Å². The number of nitrogens with zero attached hydrogens (tertiary/aromatic N) is 10. The predicted molar refractivity (Wildman–Crippen MR) is 162 cm³/mol. The number of aromatic nitrogens is 8. The molecule has 6 rings (SSSR count). The van der Waals surface area contributed by atoms with Crippen molar-refractivity contribution in [2.24, 2.45) is 0 Å². The lowest BCUT2D eigenvalue weighted by Crippen LogP contribution is -2.45. The van der Waals surface area contributed by atoms with Crippen molar-refractivity contribution in [1.82, 2.24) is 44.9 Å². The van der Waals surface area contributed by atoms with E-state index in [1.165, 1.54) is 6.33 Å². The zero-order valence-electron chi connectivity index (χ0n) is 25.2. The number of aliphatic hydroxyl groups excluding tert-OH is 1. The standard InChI is InChI=1S/C30H37N11O4/c1-21(18-40-20-34-37-38-40)45-28-14-22(2-3-23(28)15-31)24-16-32-30(33-17-24)35-27-19-41(36-29(27)44-13-10-42)26-6-4-25(5-7-26)39-8-11-43-12-9-39/h2-3,14,16-17,19-21,25-26,42H,4-13,18H2,1H3,(H,32,33,35)/t21-,25?,26?/m0/s1. The molecule has 1 aromatic carbocycles. The maximum absolute atomic E-state index is 9.62. The van der Waals surface area contributed by atoms with Gasteiger partial charge in [0.2, 0.25) is 5.95 Å². The lowest BCUT2D eigenvalue weighted by molar-refractivity contribution is 0.00502. The van der Waals surface area contributed by atoms with E-state index in [0.717, 1.165) is 63.1 Å². The number of nitrogens with one attached hydrogen (secondary N) is 1. The van der Waals surface area contributed by atoms with E-state index in [4.69, 9.17) is 19.3 Å². The van der Waals surface area contributed by atoms with Crippen LogP contribution >= 0.6 is 0 Å². The highest BCUT2D eigenvalue weighted by Gasteiger charge is 2.29. The van der Waals surface area contributed by atoms with Gasteiger partial charge in [0.15, 0.2) is 0 Å². The zero-order valence-corrected chi connectivity index (χ0v) is 25.2. The first kappa shape index (κ1) is 30.4. The number of morpholine rings is 1. The van der Waals surface area contributed by atoms with Crippen LogP contribution in [0.4, 0.5) is 11.6 Å². The van der Waals surface area contributed by atoms with E-state index < -0.39 is 0 Å². The third kappa shape index (κ3) is 7.54. The van der Waals surface area contributed by atoms with Gasteiger partial charge in [-0.05, 0) is 60.7 Å². The first-order valence-electron chi connectivity index (χ1n) is 15.2. The number of benzene rings is 1. The fraction of sp³-hybridized carbons (Fsp3) is 0.500. The Bertz CT molecular complexity index is 1560. The molecular weight excluding hydrogens is 578 g/mol. The number of anilines is 2. The Labute approximate surface area is 260 Å². The quantitative estimate of drug-likeness (QED) is 0.238. The molecule has 1 aliphatic heterocycles. The summed E-state index contributed by atoms with van der Waals surface area (Å²) >= 11 is 0. The molecule has 0 radical (unpaired) electrons. The third-order valence-corrected chi connectivity index (χ3v) is 8.13. The van der Waals surface area contributed by atoms with E-state index in [9.17, 15) is 10.4 Å². The maximum Gasteiger partial charge on any atom is 0.257 e. The summed E-state index contributed by atoms with van der Waals surface area (Å²) in [5, 5.41) is 38.1. The summed E-state index contributed by atoms with van der Waals surface area (Å²) in [5.74, 6) is 1.23. The Morgan fingerprint density at radius 2 is 1.89 bits per heavy atom. The van der Waals surface area contributed by atoms with E-state index in [1.54, 1.807) is 29.2 Å². The van der Waals surface area contributed by atoms with E-state index in [2.05, 4.69) is 41.8 Å². The highest BCUT2D eigenvalue weighted by molar-refractivity contribution is 5.67. The van der Waals surface area contributed by atoms with Crippen LogP contribution in [0.3, 0.4) is 0 Å². The molecule has 4 aromatic rings. The Hall–Kier alpha value is -4.65. The third-order valence-electron chi connectivity index (χ3n) is 8.13. The van der Waals surface area contributed by atoms with Crippen molar-refractivity contribution in [2.75, 3.05) is 44.8 Å². The normalized spacial score (nSPS) is 19.5. The molecular formula is C30H37N11O4. The van der Waals surface area contributed by atoms with Crippen LogP contribution in [0.2, 0.25) is 0 Å². The van der Waals surface area contributed by atoms with Crippen LogP contribution in [-0.2, 0) is 11.3 Å². The van der Waals surface area contributed by atoms with Gasteiger partial charge in [-0.15, -0.1) is 10.2 Å². The van der Waals surface area contributed by atoms with Crippen molar-refractivity contribution in [2.45, 2.75) is 57.3 Å². The van der Waals surface area contributed by atoms with Crippen molar-refractivity contribution in [1.29, 1.82) is 5.26 Å². The second-order valence-corrected chi connectivity index (χ2v) is 11.2. The summed E-state index contributed by atoms with van der Waals surface area (Å²) in [4.78, 5) is 11.6. The Balaban J connectivity index is 1.12. The van der Waals surface area contributed by atoms with Crippen LogP contribution in [-0.4, -0.2) is 102 Å². The van der Waals surface area contributed by atoms with Crippen LogP contribution in [0, 0.1) is 11.3 Å². The smallest absolute Gasteiger partial charge is 0.257 e. The molecule has 0 unspecified atom stereocenters. The fourth-order valence-electron chi connectivity index (χ4n) is 5.86. The first-order chi connectivity index (χ1) is 22.1. The first-order valence-corrected chi connectivity index (χ1v) is 15.2. The van der Waals surface area contributed by atoms with Gasteiger partial charge in [0.1, 0.15) is 36.5 Å². The lowest BCUT2D eigenvalue weighted by atomic mass is 9.90. The van der Waals surface area contributed by atoms with Crippen LogP contribution in [0.15, 0.2) is 43.1 Å². The molecule has 236 valence electrons. The molecule has 1 saturated carbocycles. The zero-order chi connectivity index (χ0) is 31.0. The monoisotopic (exact) mass is 615 g/mol. The molecule has 2 N–H and O–H groups in total. The highest BCUT2D eigenvalue weighted by atomic mass is 16.5. The van der Waals surface area contributed by atoms with Gasteiger partial charge in [-0.3, -0.25) is 9.58 Å². The van der Waals surface area contributed by atoms with E-state index in [-0.39, 0.29) is 25.4 Å². The molecule has 2 fully saturated rings. The fourth-order valence-corrected chi connectivity index (χ4v) is 5.86. The van der Waals surface area contributed by atoms with Gasteiger partial charge in [0.05, 0.1) is 44.2 Å². The summed E-state index contributed by atoms with van der Waals surface area (Å²) in [5.41, 5.74) is 2.62. The number of nitriles is 1. The summed E-state index contributed by atoms with van der Waals surface area (Å²) in [6.45, 7) is 5.97. The van der Waals surface area contributed by atoms with Gasteiger partial charge in [0.25, 0.3) is 5.88 Å². The summed E-state index contributed by atoms with van der Waals surface area (Å²) in [6.07, 6.45) is 10.9. The Kier molecular flexibility index (Phi) is 9.74. The molecule has 4 heterocycles. The maximum atomic E-state index is 9.62. The van der Waals surface area contributed by atoms with Crippen LogP contribution in [0.25, 0.3) is 11.1 Å². The number of hydrogen-bond acceptors (Lipinski definition) is 13. The Morgan fingerprint density at radius 3 is 2.60 bits per heavy atom. The number of ether oxygens (including phenoxy) is 3. The van der Waals surface area contributed by atoms with Gasteiger partial charge in [-0.25, -0.2) is 14.6 Å². The summed E-state index contributed by atoms with van der Waals surface area (Å²) in [7, 11) is 0. The molecule has 1 atom stereocenters. The topological polar surface area (TPSA) is 174 Å². The van der Waals surface area contributed by atoms with Gasteiger partial charge in [-0.1, -0.05) is 6.07 Å². The lowest BCUT2D eigenvalue weighted by Gasteiger charge is -2.38. The van der Waals surface area contributed by atoms with Crippen molar-refractivity contribution >= 4 is 11.6 Å². The summed E-state index contributed by atoms with van der Waals surface area (Å²) in [6, 6.07) is 8.40. The molecule has 45 heavy (non-hydrogen) atoms. The molecule has 15 nitrogen and oxygen atoms in total. The van der Waals surface area contributed by atoms with E-state index in [0.29, 0.717) is 41.4 Å². The van der Waals surface area contributed by atoms with Gasteiger partial charge in [0, 0.05) is 37.1 Å². The number of tetrazole rings is 1. The SMILES string of the molecule is C[C@@H](Cn1cnnn1)Oc1cc(-c2cnc(Nc3cn(C4CCC(N5CCOCC5)CC4)nc3OCCO)nc2)ccc1C#N. The molecule has 0 amide bonds. The largest absolute Gasteiger partial charge is 0.487 e. The van der Waals surface area contributed by atoms with Crippen molar-refractivity contribution in [3.63, 3.8) is 0 Å². The van der Waals surface area contributed by atoms with Crippen LogP contribution < -0.4 is 14.8 Å². The van der Waals surface area contributed by atoms with Crippen molar-refractivity contribution in [3.8, 4) is 28.8 Å². The number of aliphatic hydroxyl groups is 1. The Morgan fingerprint density at radius 1 is 1.11 bits per heavy atom. The molecule has 1 saturated heterocycles. The van der Waals surface area contributed by atoms with Crippen LogP contribution in [0.5, 0.6) is 11.6 Å². The minimum absolute atomic E-state index is 0.116. The number of hydrogen-bond donors (Lipinski definition) is 2. The van der Waals surface area contributed by atoms with Crippen molar-refractivity contribution < 1.29 is 19.3 Å². The highest BCUT2D eigenvalue weighted by Crippen LogP contribution is 2.35. The number of rotatable bonds is 12. The molecule has 1 aliphatic carbocycles. The molecule has 0 spiro atoms. The summed E-state index contributed by atoms with van der Waals surface area (Å²) < 4.78 is 20.9. The second kappa shape index (κ2) is 14.4. The average Bonchev–Trinajstić information content (AvgIpc) is 3.74. The minimum Gasteiger partial charge on any atom is -0.487 e. The van der Waals surface area contributed by atoms with E-state index in [1.807, 2.05) is 23.9 Å². The molecule has 0 bridgehead atoms. The molecule has 2 aliphatic rings. The molecule has 3 aromatic heterocycles. The average molecular weight is 616 g/mol. The van der Waals surface area contributed by atoms with Gasteiger partial charge >= 0.3 is 0 Å². The molecule has 15 heteroatoms. The van der Waals surface area contributed by atoms with Gasteiger partial charge in [-0.2, -0.15) is 5.26 Å².